The van der Waals surface area contributed by atoms with Crippen molar-refractivity contribution in [1.29, 1.82) is 0 Å². The number of alkyl halides is 3. The Bertz CT molecular complexity index is 1130. The van der Waals surface area contributed by atoms with Crippen LogP contribution in [0.25, 0.3) is 0 Å². The van der Waals surface area contributed by atoms with E-state index in [0.29, 0.717) is 5.56 Å². The molecule has 1 heterocycles. The Hall–Kier alpha value is -3.76. The molecule has 0 bridgehead atoms. The van der Waals surface area contributed by atoms with Crippen molar-refractivity contribution in [1.82, 2.24) is 5.32 Å². The lowest BCUT2D eigenvalue weighted by molar-refractivity contribution is -0.148. The normalized spacial score (nSPS) is 16.6. The van der Waals surface area contributed by atoms with Gasteiger partial charge in [0.2, 0.25) is 12.1 Å². The number of carboxylic acid groups (broad SMARTS) is 1. The third-order valence-corrected chi connectivity index (χ3v) is 5.20. The number of anilines is 1. The van der Waals surface area contributed by atoms with Gasteiger partial charge in [0, 0.05) is 23.5 Å². The number of aryl methyl sites for hydroxylation is 1. The second kappa shape index (κ2) is 10.0. The van der Waals surface area contributed by atoms with Crippen molar-refractivity contribution in [3.63, 3.8) is 0 Å². The molecule has 180 valence electrons. The first-order valence-electron chi connectivity index (χ1n) is 10.3. The summed E-state index contributed by atoms with van der Waals surface area (Å²) in [5.74, 6) is -5.76. The number of carbonyl (C=O) groups excluding carboxylic acids is 2. The number of rotatable bonds is 7. The van der Waals surface area contributed by atoms with Crippen molar-refractivity contribution in [2.75, 3.05) is 5.32 Å². The first kappa shape index (κ1) is 24.9. The Kier molecular flexibility index (Phi) is 7.33. The molecule has 0 radical (unpaired) electrons. The number of nitrogens with zero attached hydrogens (tertiary/aromatic N) is 1. The number of amides is 2. The predicted octanol–water partition coefficient (Wildman–Crippen LogP) is 3.80. The predicted molar refractivity (Wildman–Crippen MR) is 115 cm³/mol. The number of para-hydroxylation sites is 1. The SMILES string of the molecule is Cc1ccc(C2=NC(NC(=O)C(CCC(F)(F)F)CC(=O)O)C(=O)Nc3c(F)cccc32)cc1. The van der Waals surface area contributed by atoms with Crippen LogP contribution >= 0.6 is 0 Å². The van der Waals surface area contributed by atoms with E-state index >= 15 is 0 Å². The number of aliphatic imine (C=N–C) groups is 1. The van der Waals surface area contributed by atoms with E-state index in [4.69, 9.17) is 5.11 Å². The quantitative estimate of drug-likeness (QED) is 0.525. The van der Waals surface area contributed by atoms with Crippen LogP contribution in [0.3, 0.4) is 0 Å². The lowest BCUT2D eigenvalue weighted by Crippen LogP contribution is -2.45. The summed E-state index contributed by atoms with van der Waals surface area (Å²) >= 11 is 0. The molecule has 2 unspecified atom stereocenters. The maximum Gasteiger partial charge on any atom is 0.389 e. The van der Waals surface area contributed by atoms with Gasteiger partial charge in [0.05, 0.1) is 17.8 Å². The van der Waals surface area contributed by atoms with Crippen molar-refractivity contribution in [2.45, 2.75) is 38.5 Å². The van der Waals surface area contributed by atoms with Crippen molar-refractivity contribution in [2.24, 2.45) is 10.9 Å². The fourth-order valence-corrected chi connectivity index (χ4v) is 3.46. The summed E-state index contributed by atoms with van der Waals surface area (Å²) in [6.45, 7) is 1.85. The fraction of sp³-hybridized carbons (Fsp3) is 0.304. The van der Waals surface area contributed by atoms with E-state index in [-0.39, 0.29) is 17.0 Å². The molecule has 0 saturated carbocycles. The van der Waals surface area contributed by atoms with Gasteiger partial charge in [-0.25, -0.2) is 9.38 Å². The molecule has 1 aliphatic rings. The molecule has 3 rings (SSSR count). The molecule has 0 saturated heterocycles. The van der Waals surface area contributed by atoms with Crippen molar-refractivity contribution in [3.05, 3.63) is 65.0 Å². The topological polar surface area (TPSA) is 108 Å². The Balaban J connectivity index is 1.96. The highest BCUT2D eigenvalue weighted by Gasteiger charge is 2.34. The molecular weight excluding hydrogens is 458 g/mol. The highest BCUT2D eigenvalue weighted by atomic mass is 19.4. The van der Waals surface area contributed by atoms with Crippen molar-refractivity contribution >= 4 is 29.2 Å². The van der Waals surface area contributed by atoms with Crippen molar-refractivity contribution in [3.8, 4) is 0 Å². The molecule has 2 aromatic rings. The Morgan fingerprint density at radius 1 is 1.18 bits per heavy atom. The molecule has 11 heteroatoms. The summed E-state index contributed by atoms with van der Waals surface area (Å²) in [5.41, 5.74) is 1.68. The first-order chi connectivity index (χ1) is 15.9. The van der Waals surface area contributed by atoms with Gasteiger partial charge in [0.25, 0.3) is 5.91 Å². The van der Waals surface area contributed by atoms with Gasteiger partial charge < -0.3 is 15.7 Å². The van der Waals surface area contributed by atoms with E-state index in [1.807, 2.05) is 6.92 Å². The average molecular weight is 479 g/mol. The summed E-state index contributed by atoms with van der Waals surface area (Å²) in [4.78, 5) is 40.8. The molecule has 1 aliphatic heterocycles. The number of benzene rings is 2. The molecular formula is C23H21F4N3O4. The molecule has 0 aromatic heterocycles. The standard InChI is InChI=1S/C23H21F4N3O4/c1-12-5-7-13(8-6-12)18-15-3-2-4-16(24)19(15)29-22(34)20(28-18)30-21(33)14(11-17(31)32)9-10-23(25,26)27/h2-8,14,20H,9-11H2,1H3,(H,29,34)(H,30,33)(H,31,32). The number of carbonyl (C=O) groups is 3. The van der Waals surface area contributed by atoms with Crippen LogP contribution in [0.1, 0.15) is 36.0 Å². The second-order valence-electron chi connectivity index (χ2n) is 7.86. The van der Waals surface area contributed by atoms with Gasteiger partial charge in [0.15, 0.2) is 0 Å². The number of hydrogen-bond donors (Lipinski definition) is 3. The maximum atomic E-state index is 14.5. The summed E-state index contributed by atoms with van der Waals surface area (Å²) < 4.78 is 52.5. The molecule has 0 fully saturated rings. The van der Waals surface area contributed by atoms with Crippen LogP contribution in [0.5, 0.6) is 0 Å². The van der Waals surface area contributed by atoms with E-state index in [9.17, 15) is 31.9 Å². The van der Waals surface area contributed by atoms with Crippen LogP contribution in [0.15, 0.2) is 47.5 Å². The van der Waals surface area contributed by atoms with Crippen LogP contribution < -0.4 is 10.6 Å². The second-order valence-corrected chi connectivity index (χ2v) is 7.86. The zero-order chi connectivity index (χ0) is 25.0. The number of fused-ring (bicyclic) bond motifs is 1. The number of nitrogens with one attached hydrogen (secondary N) is 2. The molecule has 2 aromatic carbocycles. The van der Waals surface area contributed by atoms with Crippen LogP contribution in [-0.2, 0) is 14.4 Å². The summed E-state index contributed by atoms with van der Waals surface area (Å²) in [6, 6.07) is 11.0. The lowest BCUT2D eigenvalue weighted by Gasteiger charge is -2.19. The van der Waals surface area contributed by atoms with Gasteiger partial charge in [-0.05, 0) is 19.4 Å². The van der Waals surface area contributed by atoms with Gasteiger partial charge in [-0.15, -0.1) is 0 Å². The van der Waals surface area contributed by atoms with E-state index in [2.05, 4.69) is 15.6 Å². The Morgan fingerprint density at radius 3 is 2.47 bits per heavy atom. The monoisotopic (exact) mass is 479 g/mol. The molecule has 2 atom stereocenters. The van der Waals surface area contributed by atoms with Crippen LogP contribution in [0.2, 0.25) is 0 Å². The molecule has 3 N–H and O–H groups in total. The molecule has 0 aliphatic carbocycles. The van der Waals surface area contributed by atoms with E-state index in [0.717, 1.165) is 11.6 Å². The minimum atomic E-state index is -4.59. The average Bonchev–Trinajstić information content (AvgIpc) is 2.88. The number of benzodiazepines with no additional fused rings is 1. The largest absolute Gasteiger partial charge is 0.481 e. The Morgan fingerprint density at radius 2 is 1.85 bits per heavy atom. The molecule has 34 heavy (non-hydrogen) atoms. The summed E-state index contributed by atoms with van der Waals surface area (Å²) in [6.07, 6.45) is -9.23. The van der Waals surface area contributed by atoms with Gasteiger partial charge in [-0.2, -0.15) is 13.2 Å². The number of carboxylic acids is 1. The van der Waals surface area contributed by atoms with E-state index in [1.165, 1.54) is 12.1 Å². The van der Waals surface area contributed by atoms with Crippen LogP contribution in [0.4, 0.5) is 23.2 Å². The third kappa shape index (κ3) is 6.18. The lowest BCUT2D eigenvalue weighted by atomic mass is 9.98. The molecule has 0 spiro atoms. The van der Waals surface area contributed by atoms with Crippen molar-refractivity contribution < 1.29 is 37.1 Å². The van der Waals surface area contributed by atoms with Gasteiger partial charge in [-0.3, -0.25) is 14.4 Å². The minimum Gasteiger partial charge on any atom is -0.481 e. The zero-order valence-corrected chi connectivity index (χ0v) is 17.9. The van der Waals surface area contributed by atoms with Gasteiger partial charge in [0.1, 0.15) is 5.82 Å². The minimum absolute atomic E-state index is 0.164. The van der Waals surface area contributed by atoms with Crippen LogP contribution in [-0.4, -0.2) is 40.9 Å². The maximum absolute atomic E-state index is 14.5. The number of aliphatic carboxylic acids is 1. The highest BCUT2D eigenvalue weighted by molar-refractivity contribution is 6.20. The first-order valence-corrected chi connectivity index (χ1v) is 10.3. The zero-order valence-electron chi connectivity index (χ0n) is 17.9. The summed E-state index contributed by atoms with van der Waals surface area (Å²) in [7, 11) is 0. The van der Waals surface area contributed by atoms with E-state index in [1.54, 1.807) is 24.3 Å². The fourth-order valence-electron chi connectivity index (χ4n) is 3.46. The molecule has 7 nitrogen and oxygen atoms in total. The van der Waals surface area contributed by atoms with Gasteiger partial charge in [-0.1, -0.05) is 42.0 Å². The smallest absolute Gasteiger partial charge is 0.389 e. The van der Waals surface area contributed by atoms with Crippen LogP contribution in [0, 0.1) is 18.7 Å². The Labute approximate surface area is 191 Å². The molecule has 2 amide bonds. The van der Waals surface area contributed by atoms with Gasteiger partial charge >= 0.3 is 12.1 Å². The third-order valence-electron chi connectivity index (χ3n) is 5.20. The number of halogens is 4. The highest BCUT2D eigenvalue weighted by Crippen LogP contribution is 2.28. The summed E-state index contributed by atoms with van der Waals surface area (Å²) in [5, 5.41) is 13.6. The number of hydrogen-bond acceptors (Lipinski definition) is 4. The van der Waals surface area contributed by atoms with E-state index < -0.39 is 61.1 Å².